The van der Waals surface area contributed by atoms with Gasteiger partial charge in [-0.1, -0.05) is 42.3 Å². The molecule has 0 amide bonds. The maximum Gasteiger partial charge on any atom is 0.130 e. The summed E-state index contributed by atoms with van der Waals surface area (Å²) in [7, 11) is 1.88. The predicted molar refractivity (Wildman–Crippen MR) is 104 cm³/mol. The number of aliphatic hydroxyl groups is 1. The normalized spacial score (nSPS) is 12.1. The van der Waals surface area contributed by atoms with E-state index in [1.807, 2.05) is 72.6 Å². The Labute approximate surface area is 154 Å². The molecule has 0 aliphatic carbocycles. The summed E-state index contributed by atoms with van der Waals surface area (Å²) in [4.78, 5) is 6.51. The zero-order valence-electron chi connectivity index (χ0n) is 14.8. The summed E-state index contributed by atoms with van der Waals surface area (Å²) >= 11 is 0. The molecule has 0 saturated heterocycles. The quantitative estimate of drug-likeness (QED) is 0.666. The average Bonchev–Trinajstić information content (AvgIpc) is 2.66. The highest BCUT2D eigenvalue weighted by molar-refractivity contribution is 5.78. The lowest BCUT2D eigenvalue weighted by Gasteiger charge is -2.19. The molecule has 132 valence electrons. The van der Waals surface area contributed by atoms with Gasteiger partial charge in [-0.25, -0.2) is 4.98 Å². The van der Waals surface area contributed by atoms with Crippen LogP contribution in [0.15, 0.2) is 60.7 Å². The fourth-order valence-electron chi connectivity index (χ4n) is 2.78. The molecule has 2 aromatic carbocycles. The van der Waals surface area contributed by atoms with Crippen LogP contribution in [0.2, 0.25) is 0 Å². The number of fused-ring (bicyclic) bond motifs is 1. The zero-order chi connectivity index (χ0) is 18.4. The van der Waals surface area contributed by atoms with Crippen molar-refractivity contribution in [1.29, 1.82) is 0 Å². The van der Waals surface area contributed by atoms with Gasteiger partial charge >= 0.3 is 0 Å². The lowest BCUT2D eigenvalue weighted by atomic mass is 10.1. The number of terminal acetylenes is 1. The molecular formula is C22H22N2O2. The van der Waals surface area contributed by atoms with Crippen LogP contribution < -0.4 is 4.74 Å². The summed E-state index contributed by atoms with van der Waals surface area (Å²) in [5.74, 6) is 3.27. The number of aromatic nitrogens is 1. The minimum absolute atomic E-state index is 0.376. The van der Waals surface area contributed by atoms with Gasteiger partial charge in [0.15, 0.2) is 0 Å². The van der Waals surface area contributed by atoms with Crippen LogP contribution in [-0.4, -0.2) is 35.1 Å². The predicted octanol–water partition coefficient (Wildman–Crippen LogP) is 3.41. The highest BCUT2D eigenvalue weighted by Gasteiger charge is 2.11. The number of rotatable bonds is 7. The lowest BCUT2D eigenvalue weighted by molar-refractivity contribution is 0.133. The minimum atomic E-state index is -0.615. The standard InChI is InChI=1S/C22H22N2O2/c1-3-13-24(2)15-22(25)18-8-6-9-20(14-18)26-16-19-12-11-17-7-4-5-10-21(17)23-19/h1,4-12,14,22,25H,13,15-16H2,2H3/t22-/m0/s1. The van der Waals surface area contributed by atoms with Gasteiger partial charge in [-0.05, 0) is 36.9 Å². The Kier molecular flexibility index (Phi) is 5.85. The molecule has 0 radical (unpaired) electrons. The number of hydrogen-bond acceptors (Lipinski definition) is 4. The van der Waals surface area contributed by atoms with Crippen molar-refractivity contribution in [2.45, 2.75) is 12.7 Å². The summed E-state index contributed by atoms with van der Waals surface area (Å²) < 4.78 is 5.86. The highest BCUT2D eigenvalue weighted by atomic mass is 16.5. The van der Waals surface area contributed by atoms with Crippen molar-refractivity contribution in [3.8, 4) is 18.1 Å². The van der Waals surface area contributed by atoms with Gasteiger partial charge in [0.05, 0.1) is 23.9 Å². The van der Waals surface area contributed by atoms with Gasteiger partial charge in [0.2, 0.25) is 0 Å². The van der Waals surface area contributed by atoms with Crippen LogP contribution in [0.25, 0.3) is 10.9 Å². The number of pyridine rings is 1. The van der Waals surface area contributed by atoms with E-state index in [9.17, 15) is 5.11 Å². The van der Waals surface area contributed by atoms with E-state index >= 15 is 0 Å². The summed E-state index contributed by atoms with van der Waals surface area (Å²) in [5, 5.41) is 11.5. The summed E-state index contributed by atoms with van der Waals surface area (Å²) in [6.07, 6.45) is 4.68. The van der Waals surface area contributed by atoms with Gasteiger partial charge in [0.1, 0.15) is 12.4 Å². The van der Waals surface area contributed by atoms with Crippen molar-refractivity contribution < 1.29 is 9.84 Å². The van der Waals surface area contributed by atoms with Gasteiger partial charge in [-0.15, -0.1) is 6.42 Å². The Balaban J connectivity index is 1.65. The SMILES string of the molecule is C#CCN(C)C[C@H](O)c1cccc(OCc2ccc3ccccc3n2)c1. The number of benzene rings is 2. The smallest absolute Gasteiger partial charge is 0.130 e. The number of aliphatic hydroxyl groups excluding tert-OH is 1. The van der Waals surface area contributed by atoms with E-state index in [-0.39, 0.29) is 0 Å². The first-order chi connectivity index (χ1) is 12.7. The topological polar surface area (TPSA) is 45.6 Å². The summed E-state index contributed by atoms with van der Waals surface area (Å²) in [6, 6.07) is 19.5. The summed E-state index contributed by atoms with van der Waals surface area (Å²) in [5.41, 5.74) is 2.62. The Hall–Kier alpha value is -2.87. The number of nitrogens with zero attached hydrogens (tertiary/aromatic N) is 2. The Morgan fingerprint density at radius 1 is 1.15 bits per heavy atom. The number of likely N-dealkylation sites (N-methyl/N-ethyl adjacent to an activating group) is 1. The third-order valence-electron chi connectivity index (χ3n) is 4.13. The number of hydrogen-bond donors (Lipinski definition) is 1. The molecule has 1 aromatic heterocycles. The van der Waals surface area contributed by atoms with Crippen molar-refractivity contribution in [3.05, 3.63) is 71.9 Å². The average molecular weight is 346 g/mol. The van der Waals surface area contributed by atoms with Crippen LogP contribution in [0.4, 0.5) is 0 Å². The molecule has 0 aliphatic rings. The van der Waals surface area contributed by atoms with Gasteiger partial charge in [0.25, 0.3) is 0 Å². The maximum absolute atomic E-state index is 10.4. The van der Waals surface area contributed by atoms with E-state index in [0.717, 1.165) is 22.2 Å². The molecule has 4 heteroatoms. The molecular weight excluding hydrogens is 324 g/mol. The molecule has 0 spiro atoms. The monoisotopic (exact) mass is 346 g/mol. The molecule has 3 aromatic rings. The number of ether oxygens (including phenoxy) is 1. The third kappa shape index (κ3) is 4.60. The number of para-hydroxylation sites is 1. The Morgan fingerprint density at radius 2 is 2.00 bits per heavy atom. The molecule has 0 bridgehead atoms. The van der Waals surface area contributed by atoms with Crippen LogP contribution in [0.1, 0.15) is 17.4 Å². The molecule has 0 saturated carbocycles. The molecule has 3 rings (SSSR count). The van der Waals surface area contributed by atoms with Crippen molar-refractivity contribution in [2.24, 2.45) is 0 Å². The van der Waals surface area contributed by atoms with Gasteiger partial charge in [-0.2, -0.15) is 0 Å². The minimum Gasteiger partial charge on any atom is -0.487 e. The molecule has 0 aliphatic heterocycles. The van der Waals surface area contributed by atoms with Gasteiger partial charge in [-0.3, -0.25) is 4.90 Å². The van der Waals surface area contributed by atoms with E-state index in [1.54, 1.807) is 0 Å². The lowest BCUT2D eigenvalue weighted by Crippen LogP contribution is -2.24. The van der Waals surface area contributed by atoms with E-state index in [2.05, 4.69) is 10.9 Å². The maximum atomic E-state index is 10.4. The third-order valence-corrected chi connectivity index (χ3v) is 4.13. The zero-order valence-corrected chi connectivity index (χ0v) is 14.8. The summed E-state index contributed by atoms with van der Waals surface area (Å²) in [6.45, 7) is 1.35. The van der Waals surface area contributed by atoms with Crippen LogP contribution in [0.5, 0.6) is 5.75 Å². The first-order valence-corrected chi connectivity index (χ1v) is 8.53. The molecule has 26 heavy (non-hydrogen) atoms. The Morgan fingerprint density at radius 3 is 2.85 bits per heavy atom. The van der Waals surface area contributed by atoms with E-state index < -0.39 is 6.10 Å². The van der Waals surface area contributed by atoms with Crippen molar-refractivity contribution in [3.63, 3.8) is 0 Å². The van der Waals surface area contributed by atoms with Crippen molar-refractivity contribution in [1.82, 2.24) is 9.88 Å². The van der Waals surface area contributed by atoms with Crippen molar-refractivity contribution >= 4 is 10.9 Å². The fourth-order valence-corrected chi connectivity index (χ4v) is 2.78. The molecule has 0 unspecified atom stereocenters. The molecule has 0 fully saturated rings. The van der Waals surface area contributed by atoms with Crippen molar-refractivity contribution in [2.75, 3.05) is 20.1 Å². The Bertz CT molecular complexity index is 917. The highest BCUT2D eigenvalue weighted by Crippen LogP contribution is 2.21. The molecule has 1 heterocycles. The second-order valence-corrected chi connectivity index (χ2v) is 6.27. The second-order valence-electron chi connectivity index (χ2n) is 6.27. The van der Waals surface area contributed by atoms with Gasteiger partial charge in [0, 0.05) is 11.9 Å². The molecule has 4 nitrogen and oxygen atoms in total. The fraction of sp³-hybridized carbons (Fsp3) is 0.227. The van der Waals surface area contributed by atoms with Gasteiger partial charge < -0.3 is 9.84 Å². The molecule has 1 atom stereocenters. The van der Waals surface area contributed by atoms with Crippen LogP contribution in [-0.2, 0) is 6.61 Å². The largest absolute Gasteiger partial charge is 0.487 e. The van der Waals surface area contributed by atoms with Crippen LogP contribution in [0.3, 0.4) is 0 Å². The first-order valence-electron chi connectivity index (χ1n) is 8.53. The van der Waals surface area contributed by atoms with E-state index in [1.165, 1.54) is 0 Å². The van der Waals surface area contributed by atoms with Crippen LogP contribution in [0, 0.1) is 12.3 Å². The van der Waals surface area contributed by atoms with Crippen LogP contribution >= 0.6 is 0 Å². The second kappa shape index (κ2) is 8.48. The molecule has 1 N–H and O–H groups in total. The van der Waals surface area contributed by atoms with E-state index in [4.69, 9.17) is 11.2 Å². The first kappa shape index (κ1) is 17.9. The van der Waals surface area contributed by atoms with E-state index in [0.29, 0.717) is 25.4 Å².